The molecule has 1 amide bonds. The van der Waals surface area contributed by atoms with E-state index in [-0.39, 0.29) is 5.91 Å². The molecule has 0 aliphatic rings. The monoisotopic (exact) mass is 351 g/mol. The maximum atomic E-state index is 12.5. The van der Waals surface area contributed by atoms with Crippen molar-refractivity contribution in [1.82, 2.24) is 10.3 Å². The molecule has 4 nitrogen and oxygen atoms in total. The summed E-state index contributed by atoms with van der Waals surface area (Å²) in [6.45, 7) is 0.966. The van der Waals surface area contributed by atoms with Crippen LogP contribution in [-0.4, -0.2) is 10.9 Å². The first kappa shape index (κ1) is 17.0. The Bertz CT molecular complexity index is 852. The molecule has 25 heavy (non-hydrogen) atoms. The zero-order valence-electron chi connectivity index (χ0n) is 13.6. The van der Waals surface area contributed by atoms with E-state index in [4.69, 9.17) is 11.6 Å². The van der Waals surface area contributed by atoms with Crippen LogP contribution >= 0.6 is 11.6 Å². The van der Waals surface area contributed by atoms with Crippen molar-refractivity contribution >= 4 is 23.3 Å². The highest BCUT2D eigenvalue weighted by atomic mass is 35.5. The minimum atomic E-state index is -0.168. The van der Waals surface area contributed by atoms with Gasteiger partial charge in [0.25, 0.3) is 5.91 Å². The summed E-state index contributed by atoms with van der Waals surface area (Å²) in [5.74, 6) is 0.367. The van der Waals surface area contributed by atoms with Gasteiger partial charge in [-0.2, -0.15) is 0 Å². The average Bonchev–Trinajstić information content (AvgIpc) is 2.66. The second-order valence-electron chi connectivity index (χ2n) is 5.51. The third-order valence-electron chi connectivity index (χ3n) is 3.75. The number of benzene rings is 2. The van der Waals surface area contributed by atoms with Gasteiger partial charge in [-0.3, -0.25) is 4.79 Å². The Morgan fingerprint density at radius 3 is 2.48 bits per heavy atom. The number of amides is 1. The quantitative estimate of drug-likeness (QED) is 0.697. The van der Waals surface area contributed by atoms with Gasteiger partial charge >= 0.3 is 0 Å². The molecule has 3 rings (SSSR count). The van der Waals surface area contributed by atoms with Gasteiger partial charge in [0, 0.05) is 24.3 Å². The van der Waals surface area contributed by atoms with Crippen molar-refractivity contribution in [3.63, 3.8) is 0 Å². The van der Waals surface area contributed by atoms with Crippen LogP contribution in [0.3, 0.4) is 0 Å². The lowest BCUT2D eigenvalue weighted by Gasteiger charge is -2.12. The van der Waals surface area contributed by atoms with Crippen molar-refractivity contribution in [2.45, 2.75) is 13.1 Å². The molecule has 0 saturated heterocycles. The van der Waals surface area contributed by atoms with Crippen molar-refractivity contribution in [3.8, 4) is 0 Å². The lowest BCUT2D eigenvalue weighted by Crippen LogP contribution is -2.24. The van der Waals surface area contributed by atoms with E-state index >= 15 is 0 Å². The summed E-state index contributed by atoms with van der Waals surface area (Å²) in [6.07, 6.45) is 1.66. The van der Waals surface area contributed by atoms with Gasteiger partial charge in [0.1, 0.15) is 5.82 Å². The molecule has 0 spiro atoms. The number of rotatable bonds is 6. The maximum absolute atomic E-state index is 12.5. The normalized spacial score (nSPS) is 10.3. The van der Waals surface area contributed by atoms with E-state index in [1.807, 2.05) is 54.6 Å². The van der Waals surface area contributed by atoms with Crippen LogP contribution in [0.15, 0.2) is 72.9 Å². The van der Waals surface area contributed by atoms with Gasteiger partial charge in [-0.25, -0.2) is 4.98 Å². The molecule has 0 fully saturated rings. The predicted molar refractivity (Wildman–Crippen MR) is 101 cm³/mol. The van der Waals surface area contributed by atoms with E-state index in [1.165, 1.54) is 0 Å². The van der Waals surface area contributed by atoms with Gasteiger partial charge < -0.3 is 10.6 Å². The number of anilines is 1. The van der Waals surface area contributed by atoms with Crippen molar-refractivity contribution in [3.05, 3.63) is 94.6 Å². The maximum Gasteiger partial charge on any atom is 0.255 e. The van der Waals surface area contributed by atoms with Gasteiger partial charge in [0.2, 0.25) is 0 Å². The van der Waals surface area contributed by atoms with E-state index in [2.05, 4.69) is 15.6 Å². The topological polar surface area (TPSA) is 54.0 Å². The van der Waals surface area contributed by atoms with Gasteiger partial charge in [-0.15, -0.1) is 0 Å². The zero-order valence-corrected chi connectivity index (χ0v) is 14.3. The fourth-order valence-electron chi connectivity index (χ4n) is 2.42. The molecule has 1 heterocycles. The summed E-state index contributed by atoms with van der Waals surface area (Å²) in [6, 6.07) is 20.9. The first-order valence-corrected chi connectivity index (χ1v) is 8.36. The number of carbonyl (C=O) groups excluding carboxylic acids is 1. The Morgan fingerprint density at radius 1 is 0.920 bits per heavy atom. The minimum absolute atomic E-state index is 0.168. The molecule has 126 valence electrons. The summed E-state index contributed by atoms with van der Waals surface area (Å²) < 4.78 is 0. The molecule has 0 aliphatic heterocycles. The number of halogens is 1. The van der Waals surface area contributed by atoms with Gasteiger partial charge in [0.15, 0.2) is 0 Å². The highest BCUT2D eigenvalue weighted by Gasteiger charge is 2.12. The highest BCUT2D eigenvalue weighted by molar-refractivity contribution is 6.31. The number of hydrogen-bond donors (Lipinski definition) is 2. The van der Waals surface area contributed by atoms with Crippen molar-refractivity contribution in [2.75, 3.05) is 5.32 Å². The van der Waals surface area contributed by atoms with Crippen LogP contribution in [0.25, 0.3) is 0 Å². The van der Waals surface area contributed by atoms with E-state index < -0.39 is 0 Å². The summed E-state index contributed by atoms with van der Waals surface area (Å²) in [5, 5.41) is 6.79. The van der Waals surface area contributed by atoms with E-state index in [0.717, 1.165) is 11.1 Å². The molecule has 0 bridgehead atoms. The average molecular weight is 352 g/mol. The molecule has 2 N–H and O–H groups in total. The Labute approximate surface area is 151 Å². The van der Waals surface area contributed by atoms with E-state index in [0.29, 0.717) is 29.5 Å². The number of pyridine rings is 1. The molecule has 0 aliphatic carbocycles. The van der Waals surface area contributed by atoms with E-state index in [1.54, 1.807) is 18.3 Å². The van der Waals surface area contributed by atoms with Crippen LogP contribution in [0.4, 0.5) is 5.82 Å². The van der Waals surface area contributed by atoms with Crippen LogP contribution in [-0.2, 0) is 13.1 Å². The number of nitrogens with one attached hydrogen (secondary N) is 2. The largest absolute Gasteiger partial charge is 0.365 e. The van der Waals surface area contributed by atoms with Gasteiger partial charge in [-0.1, -0.05) is 60.1 Å². The standard InChI is InChI=1S/C20H18ClN3O/c21-18-11-5-4-9-16(18)14-23-19-17(10-6-12-22-19)20(25)24-13-15-7-2-1-3-8-15/h1-12H,13-14H2,(H,22,23)(H,24,25). The SMILES string of the molecule is O=C(NCc1ccccc1)c1cccnc1NCc1ccccc1Cl. The van der Waals surface area contributed by atoms with Crippen LogP contribution in [0.2, 0.25) is 5.02 Å². The van der Waals surface area contributed by atoms with Crippen molar-refractivity contribution < 1.29 is 4.79 Å². The summed E-state index contributed by atoms with van der Waals surface area (Å²) >= 11 is 6.17. The highest BCUT2D eigenvalue weighted by Crippen LogP contribution is 2.18. The molecule has 3 aromatic rings. The minimum Gasteiger partial charge on any atom is -0.365 e. The first-order valence-electron chi connectivity index (χ1n) is 7.98. The third kappa shape index (κ3) is 4.58. The fourth-order valence-corrected chi connectivity index (χ4v) is 2.63. The smallest absolute Gasteiger partial charge is 0.255 e. The second-order valence-corrected chi connectivity index (χ2v) is 5.92. The molecule has 0 radical (unpaired) electrons. The molecule has 1 aromatic heterocycles. The van der Waals surface area contributed by atoms with Gasteiger partial charge in [0.05, 0.1) is 5.56 Å². The number of nitrogens with zero attached hydrogens (tertiary/aromatic N) is 1. The summed E-state index contributed by atoms with van der Waals surface area (Å²) in [7, 11) is 0. The second kappa shape index (κ2) is 8.31. The summed E-state index contributed by atoms with van der Waals surface area (Å²) in [4.78, 5) is 16.8. The third-order valence-corrected chi connectivity index (χ3v) is 4.12. The lowest BCUT2D eigenvalue weighted by molar-refractivity contribution is 0.0951. The van der Waals surface area contributed by atoms with Gasteiger partial charge in [-0.05, 0) is 29.3 Å². The Morgan fingerprint density at radius 2 is 1.68 bits per heavy atom. The molecular formula is C20H18ClN3O. The van der Waals surface area contributed by atoms with Crippen LogP contribution in [0.1, 0.15) is 21.5 Å². The molecule has 2 aromatic carbocycles. The predicted octanol–water partition coefficient (Wildman–Crippen LogP) is 4.28. The molecular weight excluding hydrogens is 334 g/mol. The zero-order chi connectivity index (χ0) is 17.5. The van der Waals surface area contributed by atoms with Crippen molar-refractivity contribution in [2.24, 2.45) is 0 Å². The van der Waals surface area contributed by atoms with Crippen molar-refractivity contribution in [1.29, 1.82) is 0 Å². The Kier molecular flexibility index (Phi) is 5.65. The molecule has 5 heteroatoms. The molecule has 0 atom stereocenters. The number of carbonyl (C=O) groups is 1. The fraction of sp³-hybridized carbons (Fsp3) is 0.100. The summed E-state index contributed by atoms with van der Waals surface area (Å²) in [5.41, 5.74) is 2.50. The van der Waals surface area contributed by atoms with Crippen LogP contribution in [0.5, 0.6) is 0 Å². The molecule has 0 unspecified atom stereocenters. The van der Waals surface area contributed by atoms with Crippen LogP contribution in [0, 0.1) is 0 Å². The Balaban J connectivity index is 1.68. The Hall–Kier alpha value is -2.85. The number of aromatic nitrogens is 1. The van der Waals surface area contributed by atoms with Crippen LogP contribution < -0.4 is 10.6 Å². The molecule has 0 saturated carbocycles. The first-order chi connectivity index (χ1) is 12.2. The lowest BCUT2D eigenvalue weighted by atomic mass is 10.2. The van der Waals surface area contributed by atoms with E-state index in [9.17, 15) is 4.79 Å². The number of hydrogen-bond acceptors (Lipinski definition) is 3.